The normalized spacial score (nSPS) is 16.0. The first-order valence-electron chi connectivity index (χ1n) is 11.6. The third kappa shape index (κ3) is 4.57. The summed E-state index contributed by atoms with van der Waals surface area (Å²) in [6.45, 7) is 7.06. The summed E-state index contributed by atoms with van der Waals surface area (Å²) in [5, 5.41) is 0.678. The second-order valence-electron chi connectivity index (χ2n) is 9.86. The van der Waals surface area contributed by atoms with Crippen LogP contribution in [0.3, 0.4) is 0 Å². The third-order valence-electron chi connectivity index (χ3n) is 6.35. The molecular weight excluding hydrogens is 468 g/mol. The van der Waals surface area contributed by atoms with E-state index >= 15 is 0 Å². The molecule has 0 radical (unpaired) electrons. The second kappa shape index (κ2) is 9.37. The van der Waals surface area contributed by atoms with Crippen molar-refractivity contribution in [3.8, 4) is 5.88 Å². The van der Waals surface area contributed by atoms with Gasteiger partial charge in [-0.3, -0.25) is 9.69 Å². The van der Waals surface area contributed by atoms with Crippen LogP contribution in [0.2, 0.25) is 0 Å². The van der Waals surface area contributed by atoms with Gasteiger partial charge in [0, 0.05) is 30.6 Å². The number of likely N-dealkylation sites (N-methyl/N-ethyl adjacent to an activating group) is 1. The molecule has 0 N–H and O–H groups in total. The predicted molar refractivity (Wildman–Crippen MR) is 132 cm³/mol. The van der Waals surface area contributed by atoms with Crippen LogP contribution >= 0.6 is 0 Å². The van der Waals surface area contributed by atoms with Gasteiger partial charge in [-0.25, -0.2) is 18.6 Å². The molecule has 1 aliphatic heterocycles. The van der Waals surface area contributed by atoms with Crippen molar-refractivity contribution < 1.29 is 27.8 Å². The number of fused-ring (bicyclic) bond motifs is 2. The van der Waals surface area contributed by atoms with Crippen LogP contribution < -0.4 is 9.64 Å². The molecule has 2 heterocycles. The molecule has 0 aliphatic carbocycles. The first-order chi connectivity index (χ1) is 16.9. The number of halogens is 2. The minimum Gasteiger partial charge on any atom is -0.481 e. The van der Waals surface area contributed by atoms with Crippen LogP contribution in [-0.4, -0.2) is 47.7 Å². The Labute approximate surface area is 208 Å². The Hall–Kier alpha value is -3.75. The number of aromatic nitrogens is 1. The molecule has 190 valence electrons. The molecule has 7 nitrogen and oxygen atoms in total. The second-order valence-corrected chi connectivity index (χ2v) is 9.86. The maximum atomic E-state index is 14.2. The van der Waals surface area contributed by atoms with Gasteiger partial charge in [0.05, 0.1) is 18.8 Å². The van der Waals surface area contributed by atoms with Crippen molar-refractivity contribution in [1.82, 2.24) is 9.88 Å². The fraction of sp³-hybridized carbons (Fsp3) is 0.370. The lowest BCUT2D eigenvalue weighted by atomic mass is 10.00. The summed E-state index contributed by atoms with van der Waals surface area (Å²) < 4.78 is 39.0. The maximum Gasteiger partial charge on any atom is 0.415 e. The Balaban J connectivity index is 1.70. The molecule has 1 unspecified atom stereocenters. The van der Waals surface area contributed by atoms with Crippen LogP contribution in [-0.2, 0) is 16.0 Å². The standard InChI is InChI=1S/C27H29F2N3O4/c1-15(19-14-30-24(35-6)18-13-21(29)20(28)12-17(18)19)31(5)25(33)23-11-16-9-7-8-10-22(16)32(23)26(34)36-27(2,3)4/h7-10,12-15,23H,11H2,1-6H3/t15?,23-/m0/s1. The number of carbonyl (C=O) groups is 2. The fourth-order valence-electron chi connectivity index (χ4n) is 4.48. The minimum absolute atomic E-state index is 0.149. The molecule has 1 aliphatic rings. The quantitative estimate of drug-likeness (QED) is 0.482. The molecule has 0 saturated heterocycles. The molecule has 0 saturated carbocycles. The van der Waals surface area contributed by atoms with E-state index in [1.54, 1.807) is 46.9 Å². The first kappa shape index (κ1) is 25.3. The van der Waals surface area contributed by atoms with Gasteiger partial charge in [-0.15, -0.1) is 0 Å². The van der Waals surface area contributed by atoms with E-state index in [-0.39, 0.29) is 11.8 Å². The van der Waals surface area contributed by atoms with Gasteiger partial charge in [-0.1, -0.05) is 18.2 Å². The van der Waals surface area contributed by atoms with E-state index in [9.17, 15) is 18.4 Å². The SMILES string of the molecule is COc1ncc(C(C)N(C)C(=O)[C@@H]2Cc3ccccc3N2C(=O)OC(C)(C)C)c2cc(F)c(F)cc12. The van der Waals surface area contributed by atoms with Crippen molar-refractivity contribution in [2.24, 2.45) is 0 Å². The zero-order valence-corrected chi connectivity index (χ0v) is 21.1. The van der Waals surface area contributed by atoms with E-state index in [4.69, 9.17) is 9.47 Å². The molecule has 1 aromatic heterocycles. The number of hydrogen-bond acceptors (Lipinski definition) is 5. The highest BCUT2D eigenvalue weighted by atomic mass is 19.2. The third-order valence-corrected chi connectivity index (χ3v) is 6.35. The molecule has 9 heteroatoms. The summed E-state index contributed by atoms with van der Waals surface area (Å²) in [4.78, 5) is 34.1. The van der Waals surface area contributed by atoms with Crippen molar-refractivity contribution in [2.75, 3.05) is 19.1 Å². The van der Waals surface area contributed by atoms with Gasteiger partial charge in [0.2, 0.25) is 11.8 Å². The zero-order valence-electron chi connectivity index (χ0n) is 21.1. The van der Waals surface area contributed by atoms with Crippen molar-refractivity contribution in [2.45, 2.75) is 51.8 Å². The molecule has 3 aromatic rings. The molecule has 0 fully saturated rings. The number of rotatable bonds is 4. The summed E-state index contributed by atoms with van der Waals surface area (Å²) in [5.41, 5.74) is 1.26. The highest BCUT2D eigenvalue weighted by Crippen LogP contribution is 2.37. The highest BCUT2D eigenvalue weighted by Gasteiger charge is 2.42. The Bertz CT molecular complexity index is 1340. The molecule has 36 heavy (non-hydrogen) atoms. The summed E-state index contributed by atoms with van der Waals surface area (Å²) in [5.74, 6) is -2.21. The molecule has 2 aromatic carbocycles. The van der Waals surface area contributed by atoms with E-state index in [0.29, 0.717) is 28.4 Å². The Morgan fingerprint density at radius 2 is 1.78 bits per heavy atom. The number of hydrogen-bond donors (Lipinski definition) is 0. The monoisotopic (exact) mass is 497 g/mol. The molecule has 4 rings (SSSR count). The van der Waals surface area contributed by atoms with Gasteiger partial charge in [-0.2, -0.15) is 0 Å². The molecule has 2 atom stereocenters. The fourth-order valence-corrected chi connectivity index (χ4v) is 4.48. The number of ether oxygens (including phenoxy) is 2. The first-order valence-corrected chi connectivity index (χ1v) is 11.6. The van der Waals surface area contributed by atoms with Gasteiger partial charge in [0.25, 0.3) is 0 Å². The van der Waals surface area contributed by atoms with Gasteiger partial charge in [-0.05, 0) is 56.8 Å². The van der Waals surface area contributed by atoms with Crippen molar-refractivity contribution in [3.05, 3.63) is 65.4 Å². The molecule has 0 bridgehead atoms. The van der Waals surface area contributed by atoms with Gasteiger partial charge in [0.15, 0.2) is 11.6 Å². The topological polar surface area (TPSA) is 72.0 Å². The van der Waals surface area contributed by atoms with Crippen LogP contribution in [0.25, 0.3) is 10.8 Å². The van der Waals surface area contributed by atoms with E-state index in [1.807, 2.05) is 12.1 Å². The largest absolute Gasteiger partial charge is 0.481 e. The Morgan fingerprint density at radius 3 is 2.42 bits per heavy atom. The van der Waals surface area contributed by atoms with Crippen LogP contribution in [0.1, 0.15) is 44.9 Å². The predicted octanol–water partition coefficient (Wildman–Crippen LogP) is 5.41. The number of anilines is 1. The van der Waals surface area contributed by atoms with Crippen LogP contribution in [0.15, 0.2) is 42.6 Å². The number of benzene rings is 2. The van der Waals surface area contributed by atoms with E-state index < -0.39 is 35.4 Å². The lowest BCUT2D eigenvalue weighted by Gasteiger charge is -2.33. The Morgan fingerprint density at radius 1 is 1.14 bits per heavy atom. The van der Waals surface area contributed by atoms with Crippen LogP contribution in [0.4, 0.5) is 19.3 Å². The summed E-state index contributed by atoms with van der Waals surface area (Å²) >= 11 is 0. The van der Waals surface area contributed by atoms with Gasteiger partial charge in [0.1, 0.15) is 11.6 Å². The molecular formula is C27H29F2N3O4. The van der Waals surface area contributed by atoms with Crippen molar-refractivity contribution in [3.63, 3.8) is 0 Å². The number of methoxy groups -OCH3 is 1. The lowest BCUT2D eigenvalue weighted by Crippen LogP contribution is -2.50. The summed E-state index contributed by atoms with van der Waals surface area (Å²) in [6.07, 6.45) is 1.20. The number of para-hydroxylation sites is 1. The van der Waals surface area contributed by atoms with Crippen molar-refractivity contribution in [1.29, 1.82) is 0 Å². The number of amides is 2. The smallest absolute Gasteiger partial charge is 0.415 e. The minimum atomic E-state index is -1.02. The van der Waals surface area contributed by atoms with E-state index in [0.717, 1.165) is 17.7 Å². The highest BCUT2D eigenvalue weighted by molar-refractivity contribution is 6.01. The average molecular weight is 498 g/mol. The van der Waals surface area contributed by atoms with E-state index in [2.05, 4.69) is 4.98 Å². The zero-order chi connectivity index (χ0) is 26.4. The summed E-state index contributed by atoms with van der Waals surface area (Å²) in [6, 6.07) is 8.04. The summed E-state index contributed by atoms with van der Waals surface area (Å²) in [7, 11) is 3.00. The number of nitrogens with zero attached hydrogens (tertiary/aromatic N) is 3. The maximum absolute atomic E-state index is 14.2. The molecule has 2 amide bonds. The lowest BCUT2D eigenvalue weighted by molar-refractivity contribution is -0.133. The van der Waals surface area contributed by atoms with Crippen molar-refractivity contribution >= 4 is 28.5 Å². The van der Waals surface area contributed by atoms with Gasteiger partial charge >= 0.3 is 6.09 Å². The number of pyridine rings is 1. The van der Waals surface area contributed by atoms with Crippen LogP contribution in [0.5, 0.6) is 5.88 Å². The number of carbonyl (C=O) groups excluding carboxylic acids is 2. The molecule has 0 spiro atoms. The van der Waals surface area contributed by atoms with Crippen LogP contribution in [0, 0.1) is 11.6 Å². The average Bonchev–Trinajstić information content (AvgIpc) is 3.21. The van der Waals surface area contributed by atoms with E-state index in [1.165, 1.54) is 23.1 Å². The Kier molecular flexibility index (Phi) is 6.60. The van der Waals surface area contributed by atoms with Gasteiger partial charge < -0.3 is 14.4 Å².